The summed E-state index contributed by atoms with van der Waals surface area (Å²) in [6.07, 6.45) is 0.622. The quantitative estimate of drug-likeness (QED) is 0.821. The third-order valence-electron chi connectivity index (χ3n) is 4.31. The molecule has 1 atom stereocenters. The van der Waals surface area contributed by atoms with E-state index in [0.29, 0.717) is 6.54 Å². The normalized spacial score (nSPS) is 18.8. The molecule has 0 bridgehead atoms. The molecular weight excluding hydrogens is 298 g/mol. The van der Waals surface area contributed by atoms with Gasteiger partial charge in [-0.3, -0.25) is 4.90 Å². The number of rotatable bonds is 7. The van der Waals surface area contributed by atoms with E-state index in [9.17, 15) is 5.11 Å². The van der Waals surface area contributed by atoms with Crippen LogP contribution in [0.15, 0.2) is 24.3 Å². The lowest BCUT2D eigenvalue weighted by Gasteiger charge is -2.34. The van der Waals surface area contributed by atoms with E-state index in [1.165, 1.54) is 5.56 Å². The highest BCUT2D eigenvalue weighted by atomic mass is 35.5. The summed E-state index contributed by atoms with van der Waals surface area (Å²) in [6.45, 7) is 6.67. The lowest BCUT2D eigenvalue weighted by atomic mass is 10.1. The Balaban J connectivity index is 1.68. The van der Waals surface area contributed by atoms with Crippen LogP contribution in [0.1, 0.15) is 5.56 Å². The fourth-order valence-corrected chi connectivity index (χ4v) is 3.08. The highest BCUT2D eigenvalue weighted by molar-refractivity contribution is 6.31. The monoisotopic (exact) mass is 325 g/mol. The molecule has 0 saturated carbocycles. The van der Waals surface area contributed by atoms with Crippen LogP contribution in [0.3, 0.4) is 0 Å². The molecule has 2 rings (SSSR count). The van der Waals surface area contributed by atoms with Crippen molar-refractivity contribution < 1.29 is 5.11 Å². The Morgan fingerprint density at radius 2 is 1.91 bits per heavy atom. The number of halogens is 1. The van der Waals surface area contributed by atoms with Gasteiger partial charge in [0.05, 0.1) is 6.10 Å². The standard InChI is InChI=1S/C17H28ClN3O/c1-19-9-11-21(12-10-19)14-16(22)13-20(2)8-7-15-5-3-4-6-17(15)18/h3-6,16,22H,7-14H2,1-2H3. The topological polar surface area (TPSA) is 30.0 Å². The number of hydrogen-bond donors (Lipinski definition) is 1. The molecule has 4 nitrogen and oxygen atoms in total. The Kier molecular flexibility index (Phi) is 7.12. The summed E-state index contributed by atoms with van der Waals surface area (Å²) in [5.74, 6) is 0. The molecule has 5 heteroatoms. The number of piperazine rings is 1. The van der Waals surface area contributed by atoms with Crippen LogP contribution in [-0.4, -0.2) is 85.8 Å². The van der Waals surface area contributed by atoms with Gasteiger partial charge in [-0.15, -0.1) is 0 Å². The van der Waals surface area contributed by atoms with Crippen molar-refractivity contribution in [2.45, 2.75) is 12.5 Å². The predicted molar refractivity (Wildman–Crippen MR) is 92.6 cm³/mol. The summed E-state index contributed by atoms with van der Waals surface area (Å²) >= 11 is 6.18. The van der Waals surface area contributed by atoms with Gasteiger partial charge in [-0.1, -0.05) is 29.8 Å². The second kappa shape index (κ2) is 8.85. The van der Waals surface area contributed by atoms with Crippen molar-refractivity contribution in [3.63, 3.8) is 0 Å². The zero-order chi connectivity index (χ0) is 15.9. The van der Waals surface area contributed by atoms with Crippen LogP contribution < -0.4 is 0 Å². The van der Waals surface area contributed by atoms with Crippen LogP contribution in [0, 0.1) is 0 Å². The highest BCUT2D eigenvalue weighted by Gasteiger charge is 2.17. The maximum Gasteiger partial charge on any atom is 0.0793 e. The minimum Gasteiger partial charge on any atom is -0.390 e. The molecule has 0 aliphatic carbocycles. The zero-order valence-corrected chi connectivity index (χ0v) is 14.5. The second-order valence-corrected chi connectivity index (χ2v) is 6.77. The molecule has 1 unspecified atom stereocenters. The largest absolute Gasteiger partial charge is 0.390 e. The first kappa shape index (κ1) is 17.7. The van der Waals surface area contributed by atoms with Gasteiger partial charge in [0.1, 0.15) is 0 Å². The fraction of sp³-hybridized carbons (Fsp3) is 0.647. The van der Waals surface area contributed by atoms with E-state index in [1.807, 2.05) is 18.2 Å². The third-order valence-corrected chi connectivity index (χ3v) is 4.68. The van der Waals surface area contributed by atoms with Gasteiger partial charge >= 0.3 is 0 Å². The van der Waals surface area contributed by atoms with Crippen molar-refractivity contribution in [2.24, 2.45) is 0 Å². The van der Waals surface area contributed by atoms with Crippen molar-refractivity contribution in [3.8, 4) is 0 Å². The van der Waals surface area contributed by atoms with Gasteiger partial charge in [-0.25, -0.2) is 0 Å². The molecule has 1 aromatic rings. The summed E-state index contributed by atoms with van der Waals surface area (Å²) in [7, 11) is 4.21. The van der Waals surface area contributed by atoms with E-state index in [1.54, 1.807) is 0 Å². The first-order valence-electron chi connectivity index (χ1n) is 8.05. The predicted octanol–water partition coefficient (Wildman–Crippen LogP) is 1.42. The molecule has 0 radical (unpaired) electrons. The van der Waals surface area contributed by atoms with E-state index in [-0.39, 0.29) is 6.10 Å². The highest BCUT2D eigenvalue weighted by Crippen LogP contribution is 2.15. The summed E-state index contributed by atoms with van der Waals surface area (Å²) in [5.41, 5.74) is 1.17. The van der Waals surface area contributed by atoms with Gasteiger partial charge in [0.2, 0.25) is 0 Å². The van der Waals surface area contributed by atoms with Crippen LogP contribution >= 0.6 is 11.6 Å². The maximum atomic E-state index is 10.3. The fourth-order valence-electron chi connectivity index (χ4n) is 2.85. The molecule has 0 amide bonds. The minimum absolute atomic E-state index is 0.292. The SMILES string of the molecule is CN1CCN(CC(O)CN(C)CCc2ccccc2Cl)CC1. The molecule has 1 aliphatic rings. The molecule has 124 valence electrons. The smallest absolute Gasteiger partial charge is 0.0793 e. The van der Waals surface area contributed by atoms with Crippen molar-refractivity contribution >= 4 is 11.6 Å². The van der Waals surface area contributed by atoms with E-state index < -0.39 is 0 Å². The summed E-state index contributed by atoms with van der Waals surface area (Å²) in [5, 5.41) is 11.1. The van der Waals surface area contributed by atoms with E-state index in [4.69, 9.17) is 11.6 Å². The van der Waals surface area contributed by atoms with Crippen LogP contribution in [0.4, 0.5) is 0 Å². The molecular formula is C17H28ClN3O. The summed E-state index contributed by atoms with van der Waals surface area (Å²) in [6, 6.07) is 7.97. The van der Waals surface area contributed by atoms with Crippen molar-refractivity contribution in [2.75, 3.05) is 59.9 Å². The number of nitrogens with zero attached hydrogens (tertiary/aromatic N) is 3. The minimum atomic E-state index is -0.292. The summed E-state index contributed by atoms with van der Waals surface area (Å²) in [4.78, 5) is 6.87. The zero-order valence-electron chi connectivity index (χ0n) is 13.7. The molecule has 1 fully saturated rings. The van der Waals surface area contributed by atoms with Crippen molar-refractivity contribution in [1.82, 2.24) is 14.7 Å². The Morgan fingerprint density at radius 1 is 1.23 bits per heavy atom. The lowest BCUT2D eigenvalue weighted by Crippen LogP contribution is -2.48. The summed E-state index contributed by atoms with van der Waals surface area (Å²) < 4.78 is 0. The van der Waals surface area contributed by atoms with Crippen molar-refractivity contribution in [1.29, 1.82) is 0 Å². The first-order chi connectivity index (χ1) is 10.5. The van der Waals surface area contributed by atoms with Crippen molar-refractivity contribution in [3.05, 3.63) is 34.9 Å². The van der Waals surface area contributed by atoms with Crippen LogP contribution in [0.25, 0.3) is 0 Å². The average Bonchev–Trinajstić information content (AvgIpc) is 2.49. The van der Waals surface area contributed by atoms with Gasteiger partial charge < -0.3 is 14.9 Å². The molecule has 0 spiro atoms. The molecule has 1 aromatic carbocycles. The third kappa shape index (κ3) is 5.86. The van der Waals surface area contributed by atoms with E-state index in [0.717, 1.165) is 50.7 Å². The number of benzene rings is 1. The number of aliphatic hydroxyl groups is 1. The Hall–Kier alpha value is -0.650. The second-order valence-electron chi connectivity index (χ2n) is 6.36. The van der Waals surface area contributed by atoms with Gasteiger partial charge in [-0.2, -0.15) is 0 Å². The van der Waals surface area contributed by atoms with E-state index in [2.05, 4.69) is 34.9 Å². The number of β-amino-alcohol motifs (C(OH)–C–C–N with tert-alkyl or cyclic N) is 1. The van der Waals surface area contributed by atoms with Gasteiger partial charge in [0, 0.05) is 50.8 Å². The van der Waals surface area contributed by atoms with Crippen LogP contribution in [0.5, 0.6) is 0 Å². The molecule has 1 heterocycles. The van der Waals surface area contributed by atoms with Crippen LogP contribution in [-0.2, 0) is 6.42 Å². The van der Waals surface area contributed by atoms with Gasteiger partial charge in [-0.05, 0) is 32.1 Å². The molecule has 22 heavy (non-hydrogen) atoms. The van der Waals surface area contributed by atoms with E-state index >= 15 is 0 Å². The number of likely N-dealkylation sites (N-methyl/N-ethyl adjacent to an activating group) is 2. The Morgan fingerprint density at radius 3 is 2.59 bits per heavy atom. The van der Waals surface area contributed by atoms with Crippen LogP contribution in [0.2, 0.25) is 5.02 Å². The molecule has 0 aromatic heterocycles. The van der Waals surface area contributed by atoms with Gasteiger partial charge in [0.15, 0.2) is 0 Å². The first-order valence-corrected chi connectivity index (χ1v) is 8.43. The molecule has 1 aliphatic heterocycles. The van der Waals surface area contributed by atoms with Gasteiger partial charge in [0.25, 0.3) is 0 Å². The molecule has 1 saturated heterocycles. The molecule has 1 N–H and O–H groups in total. The Labute approximate surface area is 139 Å². The Bertz CT molecular complexity index is 449. The average molecular weight is 326 g/mol. The lowest BCUT2D eigenvalue weighted by molar-refractivity contribution is 0.0610. The maximum absolute atomic E-state index is 10.3. The number of hydrogen-bond acceptors (Lipinski definition) is 4. The number of aliphatic hydroxyl groups excluding tert-OH is 1.